The summed E-state index contributed by atoms with van der Waals surface area (Å²) >= 11 is 10.1. The van der Waals surface area contributed by atoms with Crippen LogP contribution in [0.5, 0.6) is 0 Å². The van der Waals surface area contributed by atoms with Crippen molar-refractivity contribution in [3.63, 3.8) is 0 Å². The van der Waals surface area contributed by atoms with E-state index in [2.05, 4.69) is 76.5 Å². The van der Waals surface area contributed by atoms with Gasteiger partial charge in [0, 0.05) is 28.5 Å². The minimum absolute atomic E-state index is 0.110. The standard InChI is InChI=1S/C24H33BrClN5O2Si/c1-15-12-28-23(31-22(15)30-20-14-32-8-7-16(20)11-27)29-18-9-17(21(25)19(26)10-18)13-33-34(5,6)24(2,3)4/h9-10,12,16,20H,7-8,13-14H2,1-6H3,(H2,28,29,30,31)/t16-,20+/m0/s1. The van der Waals surface area contributed by atoms with Gasteiger partial charge < -0.3 is 19.8 Å². The first-order valence-electron chi connectivity index (χ1n) is 11.4. The first-order valence-corrected chi connectivity index (χ1v) is 15.5. The largest absolute Gasteiger partial charge is 0.413 e. The van der Waals surface area contributed by atoms with Crippen LogP contribution in [0.3, 0.4) is 0 Å². The molecule has 3 rings (SSSR count). The highest BCUT2D eigenvalue weighted by atomic mass is 79.9. The molecule has 2 heterocycles. The van der Waals surface area contributed by atoms with Crippen molar-refractivity contribution in [1.29, 1.82) is 5.26 Å². The number of aryl methyl sites for hydroxylation is 1. The Kier molecular flexibility index (Phi) is 8.64. The fraction of sp³-hybridized carbons (Fsp3) is 0.542. The van der Waals surface area contributed by atoms with Gasteiger partial charge >= 0.3 is 0 Å². The normalized spacial score (nSPS) is 18.9. The van der Waals surface area contributed by atoms with Crippen molar-refractivity contribution in [1.82, 2.24) is 9.97 Å². The highest BCUT2D eigenvalue weighted by molar-refractivity contribution is 9.10. The number of benzene rings is 1. The van der Waals surface area contributed by atoms with Gasteiger partial charge in [0.1, 0.15) is 5.82 Å². The molecule has 0 unspecified atom stereocenters. The molecule has 1 aliphatic heterocycles. The van der Waals surface area contributed by atoms with Crippen molar-refractivity contribution in [3.8, 4) is 6.07 Å². The average molecular weight is 567 g/mol. The maximum atomic E-state index is 9.46. The molecular weight excluding hydrogens is 534 g/mol. The summed E-state index contributed by atoms with van der Waals surface area (Å²) in [6.45, 7) is 14.6. The van der Waals surface area contributed by atoms with Crippen LogP contribution in [0.25, 0.3) is 0 Å². The van der Waals surface area contributed by atoms with E-state index in [9.17, 15) is 5.26 Å². The van der Waals surface area contributed by atoms with E-state index >= 15 is 0 Å². The Bertz CT molecular complexity index is 1070. The molecule has 1 aliphatic rings. The molecule has 7 nitrogen and oxygen atoms in total. The molecule has 2 aromatic rings. The molecule has 10 heteroatoms. The van der Waals surface area contributed by atoms with Gasteiger partial charge in [-0.25, -0.2) is 4.98 Å². The van der Waals surface area contributed by atoms with E-state index in [0.717, 1.165) is 21.3 Å². The maximum Gasteiger partial charge on any atom is 0.229 e. The van der Waals surface area contributed by atoms with Crippen LogP contribution >= 0.6 is 27.5 Å². The third-order valence-electron chi connectivity index (χ3n) is 6.57. The topological polar surface area (TPSA) is 92.1 Å². The average Bonchev–Trinajstić information content (AvgIpc) is 2.77. The second-order valence-corrected chi connectivity index (χ2v) is 16.2. The van der Waals surface area contributed by atoms with Gasteiger partial charge in [-0.15, -0.1) is 0 Å². The van der Waals surface area contributed by atoms with E-state index in [1.54, 1.807) is 6.20 Å². The van der Waals surface area contributed by atoms with Crippen LogP contribution in [-0.4, -0.2) is 37.5 Å². The molecule has 184 valence electrons. The second kappa shape index (κ2) is 10.9. The lowest BCUT2D eigenvalue weighted by atomic mass is 9.96. The van der Waals surface area contributed by atoms with Crippen molar-refractivity contribution in [2.24, 2.45) is 5.92 Å². The minimum Gasteiger partial charge on any atom is -0.413 e. The highest BCUT2D eigenvalue weighted by Gasteiger charge is 2.37. The molecule has 0 spiro atoms. The zero-order chi connectivity index (χ0) is 25.1. The molecule has 1 saturated heterocycles. The predicted molar refractivity (Wildman–Crippen MR) is 143 cm³/mol. The van der Waals surface area contributed by atoms with Gasteiger partial charge in [-0.3, -0.25) is 0 Å². The number of ether oxygens (including phenoxy) is 1. The molecular formula is C24H33BrClN5O2Si. The van der Waals surface area contributed by atoms with Gasteiger partial charge in [-0.05, 0) is 65.1 Å². The summed E-state index contributed by atoms with van der Waals surface area (Å²) in [6, 6.07) is 6.09. The third-order valence-corrected chi connectivity index (χ3v) is 12.5. The fourth-order valence-electron chi connectivity index (χ4n) is 3.29. The van der Waals surface area contributed by atoms with Crippen LogP contribution < -0.4 is 10.6 Å². The minimum atomic E-state index is -1.91. The maximum absolute atomic E-state index is 9.46. The molecule has 1 aromatic heterocycles. The Morgan fingerprint density at radius 1 is 1.35 bits per heavy atom. The molecule has 0 bridgehead atoms. The summed E-state index contributed by atoms with van der Waals surface area (Å²) in [4.78, 5) is 9.08. The number of rotatable bonds is 7. The Balaban J connectivity index is 1.79. The summed E-state index contributed by atoms with van der Waals surface area (Å²) < 4.78 is 12.8. The van der Waals surface area contributed by atoms with E-state index in [-0.39, 0.29) is 17.0 Å². The molecule has 0 saturated carbocycles. The third kappa shape index (κ3) is 6.49. The number of nitriles is 1. The van der Waals surface area contributed by atoms with E-state index < -0.39 is 8.32 Å². The molecule has 0 amide bonds. The first kappa shape index (κ1) is 26.9. The summed E-state index contributed by atoms with van der Waals surface area (Å²) in [7, 11) is -1.91. The smallest absolute Gasteiger partial charge is 0.229 e. The van der Waals surface area contributed by atoms with E-state index in [1.165, 1.54) is 0 Å². The van der Waals surface area contributed by atoms with E-state index in [1.807, 2.05) is 19.1 Å². The van der Waals surface area contributed by atoms with Crippen molar-refractivity contribution < 1.29 is 9.16 Å². The van der Waals surface area contributed by atoms with Crippen LogP contribution in [0.15, 0.2) is 22.8 Å². The summed E-state index contributed by atoms with van der Waals surface area (Å²) in [5, 5.41) is 16.8. The molecule has 0 radical (unpaired) electrons. The van der Waals surface area contributed by atoms with Crippen molar-refractivity contribution >= 4 is 53.3 Å². The lowest BCUT2D eigenvalue weighted by Gasteiger charge is -2.36. The number of anilines is 3. The van der Waals surface area contributed by atoms with Gasteiger partial charge in [0.15, 0.2) is 8.32 Å². The van der Waals surface area contributed by atoms with Crippen molar-refractivity contribution in [2.45, 2.75) is 64.9 Å². The lowest BCUT2D eigenvalue weighted by Crippen LogP contribution is -2.40. The number of nitrogens with one attached hydrogen (secondary N) is 2. The quantitative estimate of drug-likeness (QED) is 0.356. The number of aromatic nitrogens is 2. The number of nitrogens with zero attached hydrogens (tertiary/aromatic N) is 3. The number of hydrogen-bond acceptors (Lipinski definition) is 7. The Labute approximate surface area is 216 Å². The monoisotopic (exact) mass is 565 g/mol. The van der Waals surface area contributed by atoms with Crippen LogP contribution in [-0.2, 0) is 15.8 Å². The van der Waals surface area contributed by atoms with Crippen LogP contribution in [0, 0.1) is 24.2 Å². The molecule has 2 N–H and O–H groups in total. The zero-order valence-electron chi connectivity index (χ0n) is 20.6. The van der Waals surface area contributed by atoms with Gasteiger partial charge in [0.05, 0.1) is 36.3 Å². The van der Waals surface area contributed by atoms with Crippen LogP contribution in [0.4, 0.5) is 17.5 Å². The summed E-state index contributed by atoms with van der Waals surface area (Å²) in [6.07, 6.45) is 2.46. The van der Waals surface area contributed by atoms with Gasteiger partial charge in [0.2, 0.25) is 5.95 Å². The molecule has 34 heavy (non-hydrogen) atoms. The lowest BCUT2D eigenvalue weighted by molar-refractivity contribution is 0.0698. The van der Waals surface area contributed by atoms with Gasteiger partial charge in [-0.1, -0.05) is 32.4 Å². The van der Waals surface area contributed by atoms with E-state index in [4.69, 9.17) is 20.8 Å². The summed E-state index contributed by atoms with van der Waals surface area (Å²) in [5.74, 6) is 0.999. The molecule has 0 aliphatic carbocycles. The van der Waals surface area contributed by atoms with Crippen LogP contribution in [0.1, 0.15) is 38.3 Å². The molecule has 2 atom stereocenters. The number of hydrogen-bond donors (Lipinski definition) is 2. The van der Waals surface area contributed by atoms with Gasteiger partial charge in [0.25, 0.3) is 0 Å². The fourth-order valence-corrected chi connectivity index (χ4v) is 4.82. The summed E-state index contributed by atoms with van der Waals surface area (Å²) in [5.41, 5.74) is 2.62. The first-order chi connectivity index (χ1) is 15.9. The second-order valence-electron chi connectivity index (χ2n) is 10.2. The van der Waals surface area contributed by atoms with Crippen molar-refractivity contribution in [2.75, 3.05) is 23.8 Å². The SMILES string of the molecule is Cc1cnc(Nc2cc(Cl)c(Br)c(CO[Si](C)(C)C(C)(C)C)c2)nc1N[C@@H]1COCC[C@H]1C#N. The molecule has 1 fully saturated rings. The Hall–Kier alpha value is -1.70. The predicted octanol–water partition coefficient (Wildman–Crippen LogP) is 6.81. The van der Waals surface area contributed by atoms with Crippen molar-refractivity contribution in [3.05, 3.63) is 39.0 Å². The van der Waals surface area contributed by atoms with E-state index in [0.29, 0.717) is 43.0 Å². The zero-order valence-corrected chi connectivity index (χ0v) is 24.0. The van der Waals surface area contributed by atoms with Crippen LogP contribution in [0.2, 0.25) is 23.2 Å². The van der Waals surface area contributed by atoms with Gasteiger partial charge in [-0.2, -0.15) is 10.2 Å². The number of halogens is 2. The Morgan fingerprint density at radius 3 is 2.76 bits per heavy atom. The molecule has 1 aromatic carbocycles. The highest BCUT2D eigenvalue weighted by Crippen LogP contribution is 2.38. The Morgan fingerprint density at radius 2 is 2.09 bits per heavy atom.